The van der Waals surface area contributed by atoms with Gasteiger partial charge in [-0.05, 0) is 35.2 Å². The number of carbonyl (C=O) groups is 1. The Labute approximate surface area is 183 Å². The van der Waals surface area contributed by atoms with E-state index < -0.39 is 0 Å². The Bertz CT molecular complexity index is 1120. The zero-order chi connectivity index (χ0) is 21.5. The predicted molar refractivity (Wildman–Crippen MR) is 126 cm³/mol. The monoisotopic (exact) mass is 407 g/mol. The third-order valence-corrected chi connectivity index (χ3v) is 5.23. The number of hydrogen-bond acceptors (Lipinski definition) is 2. The zero-order valence-corrected chi connectivity index (χ0v) is 17.5. The van der Waals surface area contributed by atoms with Crippen molar-refractivity contribution in [1.82, 2.24) is 5.32 Å². The summed E-state index contributed by atoms with van der Waals surface area (Å²) < 4.78 is 5.86. The van der Waals surface area contributed by atoms with E-state index in [4.69, 9.17) is 4.74 Å². The summed E-state index contributed by atoms with van der Waals surface area (Å²) in [6, 6.07) is 36.2. The van der Waals surface area contributed by atoms with E-state index in [-0.39, 0.29) is 18.6 Å². The number of benzene rings is 4. The Balaban J connectivity index is 1.36. The van der Waals surface area contributed by atoms with Gasteiger partial charge < -0.3 is 10.1 Å². The van der Waals surface area contributed by atoms with E-state index in [2.05, 4.69) is 41.7 Å². The molecule has 0 aliphatic carbocycles. The van der Waals surface area contributed by atoms with Gasteiger partial charge in [0.25, 0.3) is 5.91 Å². The van der Waals surface area contributed by atoms with Gasteiger partial charge in [-0.15, -0.1) is 0 Å². The van der Waals surface area contributed by atoms with Gasteiger partial charge in [0.15, 0.2) is 6.61 Å². The van der Waals surface area contributed by atoms with Crippen molar-refractivity contribution < 1.29 is 9.53 Å². The third kappa shape index (κ3) is 5.20. The maximum absolute atomic E-state index is 12.5. The second-order valence-corrected chi connectivity index (χ2v) is 7.43. The lowest BCUT2D eigenvalue weighted by atomic mass is 10.0. The number of rotatable bonds is 7. The van der Waals surface area contributed by atoms with Gasteiger partial charge in [0, 0.05) is 5.56 Å². The first kappa shape index (κ1) is 20.4. The average molecular weight is 408 g/mol. The van der Waals surface area contributed by atoms with Crippen molar-refractivity contribution in [1.29, 1.82) is 0 Å². The second-order valence-electron chi connectivity index (χ2n) is 7.43. The molecule has 4 aromatic rings. The lowest BCUT2D eigenvalue weighted by molar-refractivity contribution is -0.123. The van der Waals surface area contributed by atoms with E-state index in [1.165, 1.54) is 5.56 Å². The summed E-state index contributed by atoms with van der Waals surface area (Å²) in [5, 5.41) is 3.02. The number of nitrogens with one attached hydrogen (secondary N) is 1. The van der Waals surface area contributed by atoms with Crippen molar-refractivity contribution in [3.8, 4) is 28.0 Å². The van der Waals surface area contributed by atoms with E-state index in [0.29, 0.717) is 5.75 Å². The Hall–Kier alpha value is -3.85. The molecule has 0 aliphatic heterocycles. The van der Waals surface area contributed by atoms with Crippen LogP contribution in [-0.2, 0) is 4.79 Å². The topological polar surface area (TPSA) is 38.3 Å². The van der Waals surface area contributed by atoms with Crippen molar-refractivity contribution in [2.75, 3.05) is 6.61 Å². The first-order valence-electron chi connectivity index (χ1n) is 10.4. The molecule has 3 heteroatoms. The Morgan fingerprint density at radius 1 is 0.710 bits per heavy atom. The summed E-state index contributed by atoms with van der Waals surface area (Å²) in [6.45, 7) is 1.95. The van der Waals surface area contributed by atoms with Crippen LogP contribution in [0.15, 0.2) is 109 Å². The molecule has 0 aromatic heterocycles. The number of para-hydroxylation sites is 1. The highest BCUT2D eigenvalue weighted by atomic mass is 16.5. The summed E-state index contributed by atoms with van der Waals surface area (Å²) in [7, 11) is 0. The van der Waals surface area contributed by atoms with Gasteiger partial charge in [0.1, 0.15) is 5.75 Å². The third-order valence-electron chi connectivity index (χ3n) is 5.23. The van der Waals surface area contributed by atoms with E-state index >= 15 is 0 Å². The highest BCUT2D eigenvalue weighted by molar-refractivity contribution is 5.79. The molecule has 0 unspecified atom stereocenters. The molecule has 0 radical (unpaired) electrons. The molecule has 154 valence electrons. The van der Waals surface area contributed by atoms with Crippen LogP contribution in [0.1, 0.15) is 18.5 Å². The molecule has 31 heavy (non-hydrogen) atoms. The molecule has 0 fully saturated rings. The molecule has 4 rings (SSSR count). The van der Waals surface area contributed by atoms with Crippen LogP contribution in [0, 0.1) is 0 Å². The van der Waals surface area contributed by atoms with Gasteiger partial charge in [0.2, 0.25) is 0 Å². The van der Waals surface area contributed by atoms with E-state index in [9.17, 15) is 4.79 Å². The van der Waals surface area contributed by atoms with Gasteiger partial charge in [-0.2, -0.15) is 0 Å². The largest absolute Gasteiger partial charge is 0.483 e. The second kappa shape index (κ2) is 9.77. The van der Waals surface area contributed by atoms with Crippen LogP contribution >= 0.6 is 0 Å². The molecule has 0 heterocycles. The van der Waals surface area contributed by atoms with Crippen LogP contribution < -0.4 is 10.1 Å². The van der Waals surface area contributed by atoms with Gasteiger partial charge in [0.05, 0.1) is 6.04 Å². The standard InChI is InChI=1S/C28H25NO2/c1-21(22-16-18-24(19-17-22)23-10-4-2-5-11-23)29-28(30)20-31-27-15-9-8-14-26(27)25-12-6-3-7-13-25/h2-19,21H,20H2,1H3,(H,29,30)/t21-/m1/s1. The summed E-state index contributed by atoms with van der Waals surface area (Å²) in [6.07, 6.45) is 0. The minimum absolute atomic E-state index is 0.0315. The number of carbonyl (C=O) groups excluding carboxylic acids is 1. The molecule has 1 N–H and O–H groups in total. The number of amides is 1. The summed E-state index contributed by atoms with van der Waals surface area (Å²) >= 11 is 0. The van der Waals surface area contributed by atoms with Crippen LogP contribution in [0.5, 0.6) is 5.75 Å². The smallest absolute Gasteiger partial charge is 0.258 e. The minimum atomic E-state index is -0.150. The van der Waals surface area contributed by atoms with E-state index in [1.54, 1.807) is 0 Å². The fraction of sp³-hybridized carbons (Fsp3) is 0.107. The predicted octanol–water partition coefficient (Wildman–Crippen LogP) is 6.28. The van der Waals surface area contributed by atoms with Crippen molar-refractivity contribution in [2.45, 2.75) is 13.0 Å². The van der Waals surface area contributed by atoms with Crippen molar-refractivity contribution in [3.05, 3.63) is 115 Å². The highest BCUT2D eigenvalue weighted by Crippen LogP contribution is 2.29. The van der Waals surface area contributed by atoms with E-state index in [1.807, 2.05) is 79.7 Å². The molecule has 0 spiro atoms. The summed E-state index contributed by atoms with van der Waals surface area (Å²) in [5.41, 5.74) is 5.42. The van der Waals surface area contributed by atoms with Gasteiger partial charge in [-0.3, -0.25) is 4.79 Å². The molecule has 0 bridgehead atoms. The van der Waals surface area contributed by atoms with Crippen LogP contribution in [-0.4, -0.2) is 12.5 Å². The Morgan fingerprint density at radius 3 is 1.94 bits per heavy atom. The van der Waals surface area contributed by atoms with E-state index in [0.717, 1.165) is 22.3 Å². The maximum Gasteiger partial charge on any atom is 0.258 e. The first-order chi connectivity index (χ1) is 15.2. The molecule has 4 aromatic carbocycles. The molecule has 3 nitrogen and oxygen atoms in total. The normalized spacial score (nSPS) is 11.5. The molecule has 0 saturated carbocycles. The lowest BCUT2D eigenvalue weighted by Crippen LogP contribution is -2.31. The van der Waals surface area contributed by atoms with Crippen LogP contribution in [0.3, 0.4) is 0 Å². The number of ether oxygens (including phenoxy) is 1. The fourth-order valence-corrected chi connectivity index (χ4v) is 3.55. The average Bonchev–Trinajstić information content (AvgIpc) is 2.84. The Morgan fingerprint density at radius 2 is 1.26 bits per heavy atom. The quantitative estimate of drug-likeness (QED) is 0.392. The maximum atomic E-state index is 12.5. The van der Waals surface area contributed by atoms with Gasteiger partial charge in [-0.25, -0.2) is 0 Å². The first-order valence-corrected chi connectivity index (χ1v) is 10.4. The molecule has 0 saturated heterocycles. The highest BCUT2D eigenvalue weighted by Gasteiger charge is 2.12. The SMILES string of the molecule is C[C@@H](NC(=O)COc1ccccc1-c1ccccc1)c1ccc(-c2ccccc2)cc1. The molecular weight excluding hydrogens is 382 g/mol. The van der Waals surface area contributed by atoms with Crippen molar-refractivity contribution >= 4 is 5.91 Å². The molecule has 0 aliphatic rings. The fourth-order valence-electron chi connectivity index (χ4n) is 3.55. The van der Waals surface area contributed by atoms with Crippen molar-refractivity contribution in [3.63, 3.8) is 0 Å². The summed E-state index contributed by atoms with van der Waals surface area (Å²) in [4.78, 5) is 12.5. The van der Waals surface area contributed by atoms with Crippen LogP contribution in [0.2, 0.25) is 0 Å². The van der Waals surface area contributed by atoms with Gasteiger partial charge >= 0.3 is 0 Å². The minimum Gasteiger partial charge on any atom is -0.483 e. The summed E-state index contributed by atoms with van der Waals surface area (Å²) in [5.74, 6) is 0.547. The lowest BCUT2D eigenvalue weighted by Gasteiger charge is -2.16. The molecular formula is C28H25NO2. The van der Waals surface area contributed by atoms with Crippen LogP contribution in [0.25, 0.3) is 22.3 Å². The van der Waals surface area contributed by atoms with Crippen molar-refractivity contribution in [2.24, 2.45) is 0 Å². The zero-order valence-electron chi connectivity index (χ0n) is 17.5. The molecule has 1 atom stereocenters. The van der Waals surface area contributed by atoms with Crippen LogP contribution in [0.4, 0.5) is 0 Å². The number of hydrogen-bond donors (Lipinski definition) is 1. The molecule has 1 amide bonds. The Kier molecular flexibility index (Phi) is 6.44. The van der Waals surface area contributed by atoms with Gasteiger partial charge in [-0.1, -0.05) is 103 Å².